The molecule has 16 rings (SSSR count). The van der Waals surface area contributed by atoms with E-state index in [9.17, 15) is 0 Å². The van der Waals surface area contributed by atoms with Gasteiger partial charge in [-0.25, -0.2) is 0 Å². The quantitative estimate of drug-likeness (QED) is 0.171. The molecule has 0 saturated carbocycles. The molecule has 2 nitrogen and oxygen atoms in total. The Kier molecular flexibility index (Phi) is 8.45. The van der Waals surface area contributed by atoms with Crippen LogP contribution in [0.4, 0.5) is 17.1 Å². The van der Waals surface area contributed by atoms with Gasteiger partial charge in [0.25, 0.3) is 0 Å². The maximum atomic E-state index is 2.52. The molecular formula is C69H46N2. The fourth-order valence-electron chi connectivity index (χ4n) is 13.2. The van der Waals surface area contributed by atoms with Crippen molar-refractivity contribution in [2.24, 2.45) is 0 Å². The summed E-state index contributed by atoms with van der Waals surface area (Å²) in [5, 5.41) is 2.53. The molecular weight excluding hydrogens is 857 g/mol. The van der Waals surface area contributed by atoms with Crippen LogP contribution in [0.15, 0.2) is 261 Å². The van der Waals surface area contributed by atoms with Crippen molar-refractivity contribution in [1.29, 1.82) is 0 Å². The monoisotopic (exact) mass is 902 g/mol. The highest BCUT2D eigenvalue weighted by molar-refractivity contribution is 6.09. The lowest BCUT2D eigenvalue weighted by Crippen LogP contribution is -2.28. The van der Waals surface area contributed by atoms with E-state index in [0.29, 0.717) is 0 Å². The summed E-state index contributed by atoms with van der Waals surface area (Å²) in [6.07, 6.45) is 0. The molecule has 4 aliphatic rings. The van der Waals surface area contributed by atoms with Crippen LogP contribution in [0.2, 0.25) is 0 Å². The number of fused-ring (bicyclic) bond motifs is 10. The summed E-state index contributed by atoms with van der Waals surface area (Å²) in [6, 6.07) is 98.0. The Balaban J connectivity index is 0.997. The van der Waals surface area contributed by atoms with E-state index in [2.05, 4.69) is 277 Å². The standard InChI is InChI=1S/C69H46N2/c1-68-60-27-13-8-22-52(60)45-32-34-46(35-33-45)53-23-10-15-29-65(53)70(49-38-41-62-59(42-49)54-24-9-14-28-61(54)69(62,47-18-4-2-5-19-47)48-20-6-3-7-21-48)50-36-39-55(63(68)43-50)56-40-37-51(44-64(56)68)71-66-30-16-11-25-57(66)58-26-12-17-31-67(58)71/h2-44H,1H3. The minimum Gasteiger partial charge on any atom is -0.310 e. The number of aromatic nitrogens is 1. The number of hydrogen-bond donors (Lipinski definition) is 0. The third-order valence-corrected chi connectivity index (χ3v) is 16.3. The lowest BCUT2D eigenvalue weighted by molar-refractivity contribution is 0.715. The van der Waals surface area contributed by atoms with Crippen LogP contribution in [-0.4, -0.2) is 4.57 Å². The van der Waals surface area contributed by atoms with Crippen molar-refractivity contribution in [3.63, 3.8) is 0 Å². The summed E-state index contributed by atoms with van der Waals surface area (Å²) in [5.41, 5.74) is 24.8. The van der Waals surface area contributed by atoms with Gasteiger partial charge in [0.05, 0.1) is 22.1 Å². The molecule has 11 aromatic carbocycles. The number of hydrogen-bond acceptors (Lipinski definition) is 1. The Bertz CT molecular complexity index is 4030. The molecule has 332 valence electrons. The van der Waals surface area contributed by atoms with Gasteiger partial charge in [-0.15, -0.1) is 0 Å². The van der Waals surface area contributed by atoms with Gasteiger partial charge in [-0.2, -0.15) is 0 Å². The lowest BCUT2D eigenvalue weighted by atomic mass is 9.68. The van der Waals surface area contributed by atoms with E-state index >= 15 is 0 Å². The van der Waals surface area contributed by atoms with Gasteiger partial charge in [-0.05, 0) is 139 Å². The van der Waals surface area contributed by atoms with Crippen LogP contribution in [0.1, 0.15) is 45.9 Å². The molecule has 12 aromatic rings. The van der Waals surface area contributed by atoms with Crippen LogP contribution in [0.5, 0.6) is 0 Å². The Labute approximate surface area is 414 Å². The van der Waals surface area contributed by atoms with Crippen molar-refractivity contribution in [3.05, 3.63) is 300 Å². The van der Waals surface area contributed by atoms with Gasteiger partial charge in [0.15, 0.2) is 0 Å². The highest BCUT2D eigenvalue weighted by Crippen LogP contribution is 2.59. The van der Waals surface area contributed by atoms with Gasteiger partial charge in [0, 0.05) is 38.8 Å². The van der Waals surface area contributed by atoms with Crippen molar-refractivity contribution >= 4 is 38.9 Å². The average molecular weight is 903 g/mol. The topological polar surface area (TPSA) is 8.17 Å². The van der Waals surface area contributed by atoms with Crippen LogP contribution in [0.3, 0.4) is 0 Å². The van der Waals surface area contributed by atoms with Crippen molar-refractivity contribution in [2.45, 2.75) is 17.8 Å². The van der Waals surface area contributed by atoms with E-state index in [-0.39, 0.29) is 0 Å². The van der Waals surface area contributed by atoms with Gasteiger partial charge < -0.3 is 9.47 Å². The summed E-state index contributed by atoms with van der Waals surface area (Å²) in [6.45, 7) is 2.47. The normalized spacial score (nSPS) is 15.5. The number of para-hydroxylation sites is 3. The number of nitrogens with zero attached hydrogens (tertiary/aromatic N) is 2. The predicted molar refractivity (Wildman–Crippen MR) is 295 cm³/mol. The molecule has 3 heterocycles. The molecule has 0 radical (unpaired) electrons. The first-order chi connectivity index (χ1) is 35.1. The number of benzene rings is 11. The summed E-state index contributed by atoms with van der Waals surface area (Å²) < 4.78 is 2.46. The number of rotatable bonds is 4. The Morgan fingerprint density at radius 2 is 0.746 bits per heavy atom. The van der Waals surface area contributed by atoms with E-state index in [1.54, 1.807) is 0 Å². The Morgan fingerprint density at radius 1 is 0.296 bits per heavy atom. The lowest BCUT2D eigenvalue weighted by Gasteiger charge is -2.34. The van der Waals surface area contributed by atoms with Crippen LogP contribution in [-0.2, 0) is 10.8 Å². The first-order valence-electron chi connectivity index (χ1n) is 24.8. The minimum atomic E-state index is -0.522. The summed E-state index contributed by atoms with van der Waals surface area (Å²) in [4.78, 5) is 2.52. The van der Waals surface area contributed by atoms with E-state index in [4.69, 9.17) is 0 Å². The third-order valence-electron chi connectivity index (χ3n) is 16.3. The first-order valence-corrected chi connectivity index (χ1v) is 24.8. The molecule has 0 saturated heterocycles. The molecule has 2 aliphatic heterocycles. The second-order valence-corrected chi connectivity index (χ2v) is 19.7. The van der Waals surface area contributed by atoms with Gasteiger partial charge in [0.1, 0.15) is 0 Å². The molecule has 1 atom stereocenters. The molecule has 2 heteroatoms. The molecule has 1 unspecified atom stereocenters. The molecule has 0 fully saturated rings. The fraction of sp³-hybridized carbons (Fsp3) is 0.0435. The molecule has 71 heavy (non-hydrogen) atoms. The molecule has 0 N–H and O–H groups in total. The van der Waals surface area contributed by atoms with E-state index in [1.165, 1.54) is 105 Å². The van der Waals surface area contributed by atoms with Crippen LogP contribution in [0, 0.1) is 0 Å². The summed E-state index contributed by atoms with van der Waals surface area (Å²) >= 11 is 0. The SMILES string of the molecule is CC12c3ccccc3-c3ccc(cc3)-c3ccccc3N(c3ccc4c(c3)-c3ccccc3C4(c3ccccc3)c3ccccc3)c3ccc(c1c3)-c1ccc(-n3c4ccccc4c4ccccc43)cc12. The van der Waals surface area contributed by atoms with Crippen molar-refractivity contribution < 1.29 is 0 Å². The van der Waals surface area contributed by atoms with Gasteiger partial charge in [-0.1, -0.05) is 206 Å². The minimum absolute atomic E-state index is 0.487. The predicted octanol–water partition coefficient (Wildman–Crippen LogP) is 17.6. The highest BCUT2D eigenvalue weighted by Gasteiger charge is 2.47. The van der Waals surface area contributed by atoms with Crippen LogP contribution in [0.25, 0.3) is 72.0 Å². The maximum Gasteiger partial charge on any atom is 0.0713 e. The first kappa shape index (κ1) is 40.0. The van der Waals surface area contributed by atoms with Gasteiger partial charge in [0.2, 0.25) is 0 Å². The van der Waals surface area contributed by atoms with Crippen molar-refractivity contribution in [2.75, 3.05) is 4.90 Å². The van der Waals surface area contributed by atoms with Crippen molar-refractivity contribution in [1.82, 2.24) is 4.57 Å². The van der Waals surface area contributed by atoms with Crippen molar-refractivity contribution in [3.8, 4) is 50.2 Å². The smallest absolute Gasteiger partial charge is 0.0713 e. The summed E-state index contributed by atoms with van der Waals surface area (Å²) in [7, 11) is 0. The largest absolute Gasteiger partial charge is 0.310 e. The van der Waals surface area contributed by atoms with Crippen LogP contribution >= 0.6 is 0 Å². The fourth-order valence-corrected chi connectivity index (χ4v) is 13.2. The van der Waals surface area contributed by atoms with E-state index < -0.39 is 10.8 Å². The molecule has 1 aromatic heterocycles. The molecule has 2 aliphatic carbocycles. The summed E-state index contributed by atoms with van der Waals surface area (Å²) in [5.74, 6) is 0. The van der Waals surface area contributed by atoms with Crippen LogP contribution < -0.4 is 4.90 Å². The molecule has 0 amide bonds. The average Bonchev–Trinajstić information content (AvgIpc) is 4.03. The Hall–Kier alpha value is -8.98. The van der Waals surface area contributed by atoms with E-state index in [1.807, 2.05) is 0 Å². The second kappa shape index (κ2) is 15.0. The molecule has 4 bridgehead atoms. The highest BCUT2D eigenvalue weighted by atomic mass is 15.1. The second-order valence-electron chi connectivity index (χ2n) is 19.7. The van der Waals surface area contributed by atoms with Gasteiger partial charge in [-0.3, -0.25) is 0 Å². The van der Waals surface area contributed by atoms with E-state index in [0.717, 1.165) is 22.7 Å². The zero-order valence-corrected chi connectivity index (χ0v) is 39.2. The zero-order valence-electron chi connectivity index (χ0n) is 39.2. The third kappa shape index (κ3) is 5.48. The van der Waals surface area contributed by atoms with Gasteiger partial charge >= 0.3 is 0 Å². The maximum absolute atomic E-state index is 2.52. The zero-order chi connectivity index (χ0) is 46.8. The molecule has 0 spiro atoms. The Morgan fingerprint density at radius 3 is 1.41 bits per heavy atom. The number of anilines is 3.